The Labute approximate surface area is 185 Å². The number of amides is 1. The Kier molecular flexibility index (Phi) is 7.25. The van der Waals surface area contributed by atoms with E-state index in [-0.39, 0.29) is 23.2 Å². The molecule has 2 N–H and O–H groups in total. The molecule has 0 aliphatic carbocycles. The van der Waals surface area contributed by atoms with Gasteiger partial charge in [-0.1, -0.05) is 12.1 Å². The standard InChI is InChI=1S/C24H25F2N3O3/c1-14(16-5-8-18(25)9-6-16)28-23-10-7-17(13-27-23)24(30)29-15(2)19-11-21(31-3)22(32-4)12-20(19)26/h5-15H,1-4H3,(H,27,28)(H,29,30). The Bertz CT molecular complexity index is 1070. The number of carbonyl (C=O) groups excluding carboxylic acids is 1. The maximum atomic E-state index is 14.5. The quantitative estimate of drug-likeness (QED) is 0.512. The molecule has 0 saturated heterocycles. The Morgan fingerprint density at radius 3 is 2.19 bits per heavy atom. The molecule has 1 heterocycles. The van der Waals surface area contributed by atoms with Crippen molar-refractivity contribution in [3.8, 4) is 11.5 Å². The van der Waals surface area contributed by atoms with Crippen LogP contribution in [0.5, 0.6) is 11.5 Å². The largest absolute Gasteiger partial charge is 0.493 e. The number of aromatic nitrogens is 1. The highest BCUT2D eigenvalue weighted by Crippen LogP contribution is 2.32. The smallest absolute Gasteiger partial charge is 0.253 e. The molecule has 0 bridgehead atoms. The molecule has 2 unspecified atom stereocenters. The average molecular weight is 441 g/mol. The molecule has 2 atom stereocenters. The molecular weight excluding hydrogens is 416 g/mol. The third-order valence-electron chi connectivity index (χ3n) is 5.08. The predicted molar refractivity (Wildman–Crippen MR) is 118 cm³/mol. The molecule has 3 rings (SSSR count). The zero-order valence-corrected chi connectivity index (χ0v) is 18.3. The van der Waals surface area contributed by atoms with E-state index < -0.39 is 17.8 Å². The maximum Gasteiger partial charge on any atom is 0.253 e. The van der Waals surface area contributed by atoms with Crippen molar-refractivity contribution >= 4 is 11.7 Å². The van der Waals surface area contributed by atoms with Gasteiger partial charge < -0.3 is 20.1 Å². The van der Waals surface area contributed by atoms with Crippen LogP contribution in [0, 0.1) is 11.6 Å². The molecule has 32 heavy (non-hydrogen) atoms. The van der Waals surface area contributed by atoms with Crippen LogP contribution in [0.2, 0.25) is 0 Å². The van der Waals surface area contributed by atoms with E-state index in [9.17, 15) is 13.6 Å². The average Bonchev–Trinajstić information content (AvgIpc) is 2.79. The normalized spacial score (nSPS) is 12.6. The van der Waals surface area contributed by atoms with Crippen molar-refractivity contribution < 1.29 is 23.0 Å². The number of rotatable bonds is 8. The summed E-state index contributed by atoms with van der Waals surface area (Å²) in [5, 5.41) is 5.96. The molecule has 0 saturated carbocycles. The van der Waals surface area contributed by atoms with Crippen LogP contribution < -0.4 is 20.1 Å². The first-order valence-electron chi connectivity index (χ1n) is 10.0. The molecule has 0 spiro atoms. The van der Waals surface area contributed by atoms with Gasteiger partial charge in [-0.05, 0) is 49.7 Å². The fourth-order valence-corrected chi connectivity index (χ4v) is 3.23. The number of methoxy groups -OCH3 is 2. The van der Waals surface area contributed by atoms with Crippen LogP contribution >= 0.6 is 0 Å². The summed E-state index contributed by atoms with van der Waals surface area (Å²) in [4.78, 5) is 16.9. The predicted octanol–water partition coefficient (Wildman–Crippen LogP) is 5.04. The van der Waals surface area contributed by atoms with Gasteiger partial charge in [-0.2, -0.15) is 0 Å². The third-order valence-corrected chi connectivity index (χ3v) is 5.08. The van der Waals surface area contributed by atoms with Crippen LogP contribution in [-0.2, 0) is 0 Å². The summed E-state index contributed by atoms with van der Waals surface area (Å²) in [5.74, 6) is 0.0148. The van der Waals surface area contributed by atoms with Gasteiger partial charge >= 0.3 is 0 Å². The molecule has 0 aliphatic rings. The first-order valence-corrected chi connectivity index (χ1v) is 10.0. The van der Waals surface area contributed by atoms with Gasteiger partial charge in [-0.15, -0.1) is 0 Å². The van der Waals surface area contributed by atoms with E-state index in [0.717, 1.165) is 5.56 Å². The Balaban J connectivity index is 1.66. The van der Waals surface area contributed by atoms with Gasteiger partial charge in [0.15, 0.2) is 11.5 Å². The van der Waals surface area contributed by atoms with Crippen LogP contribution in [-0.4, -0.2) is 25.1 Å². The van der Waals surface area contributed by atoms with Crippen molar-refractivity contribution in [3.05, 3.63) is 83.1 Å². The summed E-state index contributed by atoms with van der Waals surface area (Å²) in [6.07, 6.45) is 1.44. The molecule has 0 radical (unpaired) electrons. The Morgan fingerprint density at radius 2 is 1.59 bits per heavy atom. The van der Waals surface area contributed by atoms with Crippen LogP contribution in [0.15, 0.2) is 54.7 Å². The lowest BCUT2D eigenvalue weighted by Crippen LogP contribution is -2.27. The van der Waals surface area contributed by atoms with Crippen molar-refractivity contribution in [2.45, 2.75) is 25.9 Å². The van der Waals surface area contributed by atoms with Crippen LogP contribution in [0.1, 0.15) is 47.4 Å². The molecule has 0 aliphatic heterocycles. The first-order chi connectivity index (χ1) is 15.3. The molecule has 0 fully saturated rings. The Morgan fingerprint density at radius 1 is 0.938 bits per heavy atom. The van der Waals surface area contributed by atoms with Gasteiger partial charge in [0.25, 0.3) is 5.91 Å². The number of pyridine rings is 1. The molecule has 1 amide bonds. The van der Waals surface area contributed by atoms with Crippen LogP contribution in [0.25, 0.3) is 0 Å². The summed E-state index contributed by atoms with van der Waals surface area (Å²) in [7, 11) is 2.88. The molecule has 1 aromatic heterocycles. The monoisotopic (exact) mass is 441 g/mol. The van der Waals surface area contributed by atoms with Crippen LogP contribution in [0.3, 0.4) is 0 Å². The first kappa shape index (κ1) is 23.0. The lowest BCUT2D eigenvalue weighted by atomic mass is 10.1. The lowest BCUT2D eigenvalue weighted by Gasteiger charge is -2.18. The van der Waals surface area contributed by atoms with Crippen molar-refractivity contribution in [2.75, 3.05) is 19.5 Å². The maximum absolute atomic E-state index is 14.5. The molecule has 2 aromatic carbocycles. The highest BCUT2D eigenvalue weighted by Gasteiger charge is 2.19. The number of ether oxygens (including phenoxy) is 2. The summed E-state index contributed by atoms with van der Waals surface area (Å²) in [5.41, 5.74) is 1.51. The summed E-state index contributed by atoms with van der Waals surface area (Å²) >= 11 is 0. The van der Waals surface area contributed by atoms with Crippen molar-refractivity contribution in [1.29, 1.82) is 0 Å². The molecule has 6 nitrogen and oxygen atoms in total. The minimum atomic E-state index is -0.612. The minimum absolute atomic E-state index is 0.101. The van der Waals surface area contributed by atoms with E-state index in [1.54, 1.807) is 31.2 Å². The zero-order valence-electron chi connectivity index (χ0n) is 18.3. The van der Waals surface area contributed by atoms with Crippen molar-refractivity contribution in [2.24, 2.45) is 0 Å². The number of nitrogens with one attached hydrogen (secondary N) is 2. The number of hydrogen-bond donors (Lipinski definition) is 2. The Hall–Kier alpha value is -3.68. The van der Waals surface area contributed by atoms with Gasteiger partial charge in [-0.25, -0.2) is 13.8 Å². The number of carbonyl (C=O) groups is 1. The summed E-state index contributed by atoms with van der Waals surface area (Å²) in [6, 6.07) is 11.5. The molecule has 3 aromatic rings. The number of halogens is 2. The molecular formula is C24H25F2N3O3. The highest BCUT2D eigenvalue weighted by atomic mass is 19.1. The molecule has 168 valence electrons. The van der Waals surface area contributed by atoms with Gasteiger partial charge in [-0.3, -0.25) is 4.79 Å². The fraction of sp³-hybridized carbons (Fsp3) is 0.250. The van der Waals surface area contributed by atoms with Crippen LogP contribution in [0.4, 0.5) is 14.6 Å². The third kappa shape index (κ3) is 5.32. The summed E-state index contributed by atoms with van der Waals surface area (Å²) in [6.45, 7) is 3.60. The second kappa shape index (κ2) is 10.1. The van der Waals surface area contributed by atoms with Gasteiger partial charge in [0.1, 0.15) is 17.5 Å². The second-order valence-corrected chi connectivity index (χ2v) is 7.27. The van der Waals surface area contributed by atoms with E-state index in [2.05, 4.69) is 15.6 Å². The van der Waals surface area contributed by atoms with E-state index in [1.807, 2.05) is 6.92 Å². The topological polar surface area (TPSA) is 72.5 Å². The van der Waals surface area contributed by atoms with E-state index >= 15 is 0 Å². The fourth-order valence-electron chi connectivity index (χ4n) is 3.23. The van der Waals surface area contributed by atoms with Gasteiger partial charge in [0.2, 0.25) is 0 Å². The number of hydrogen-bond acceptors (Lipinski definition) is 5. The number of benzene rings is 2. The summed E-state index contributed by atoms with van der Waals surface area (Å²) < 4.78 is 37.9. The van der Waals surface area contributed by atoms with E-state index in [1.165, 1.54) is 44.7 Å². The van der Waals surface area contributed by atoms with Gasteiger partial charge in [0.05, 0.1) is 25.8 Å². The minimum Gasteiger partial charge on any atom is -0.493 e. The second-order valence-electron chi connectivity index (χ2n) is 7.27. The van der Waals surface area contributed by atoms with Gasteiger partial charge in [0, 0.05) is 23.9 Å². The van der Waals surface area contributed by atoms with Crippen molar-refractivity contribution in [1.82, 2.24) is 10.3 Å². The number of nitrogens with zero attached hydrogens (tertiary/aromatic N) is 1. The van der Waals surface area contributed by atoms with Crippen molar-refractivity contribution in [3.63, 3.8) is 0 Å². The highest BCUT2D eigenvalue weighted by molar-refractivity contribution is 5.94. The lowest BCUT2D eigenvalue weighted by molar-refractivity contribution is 0.0939. The van der Waals surface area contributed by atoms with E-state index in [0.29, 0.717) is 17.1 Å². The SMILES string of the molecule is COc1cc(F)c(C(C)NC(=O)c2ccc(NC(C)c3ccc(F)cc3)nc2)cc1OC. The zero-order chi connectivity index (χ0) is 23.3. The number of anilines is 1. The van der Waals surface area contributed by atoms with E-state index in [4.69, 9.17) is 9.47 Å². The molecule has 8 heteroatoms.